The largest absolute Gasteiger partial charge is 0.381 e. The van der Waals surface area contributed by atoms with Gasteiger partial charge in [-0.25, -0.2) is 4.79 Å². The van der Waals surface area contributed by atoms with E-state index in [2.05, 4.69) is 35.0 Å². The van der Waals surface area contributed by atoms with E-state index in [4.69, 9.17) is 15.5 Å². The minimum absolute atomic E-state index is 0.0939. The third-order valence-corrected chi connectivity index (χ3v) is 6.48. The van der Waals surface area contributed by atoms with Crippen LogP contribution >= 0.6 is 15.9 Å². The first-order valence-electron chi connectivity index (χ1n) is 8.27. The smallest absolute Gasteiger partial charge is 0.332 e. The van der Waals surface area contributed by atoms with Crippen molar-refractivity contribution in [2.24, 2.45) is 17.2 Å². The van der Waals surface area contributed by atoms with Crippen LogP contribution in [0.3, 0.4) is 0 Å². The summed E-state index contributed by atoms with van der Waals surface area (Å²) < 4.78 is 6.58. The molecule has 1 spiro atoms. The number of halogens is 1. The number of hydrogen-bond acceptors (Lipinski definition) is 4. The van der Waals surface area contributed by atoms with Crippen molar-refractivity contribution in [3.05, 3.63) is 33.8 Å². The number of rotatable bonds is 3. The van der Waals surface area contributed by atoms with Crippen LogP contribution in [0.15, 0.2) is 22.7 Å². The summed E-state index contributed by atoms with van der Waals surface area (Å²) in [5.41, 5.74) is 2.23. The summed E-state index contributed by atoms with van der Waals surface area (Å²) in [6, 6.07) is 6.23. The first-order valence-corrected chi connectivity index (χ1v) is 9.06. The number of methoxy groups -OCH3 is 1. The van der Waals surface area contributed by atoms with Crippen LogP contribution in [0.2, 0.25) is 0 Å². The Morgan fingerprint density at radius 3 is 2.91 bits per heavy atom. The van der Waals surface area contributed by atoms with Crippen molar-refractivity contribution < 1.29 is 14.4 Å². The monoisotopic (exact) mass is 381 g/mol. The third-order valence-electron chi connectivity index (χ3n) is 5.98. The number of hydrogen-bond donors (Lipinski definition) is 1. The molecule has 2 aliphatic carbocycles. The van der Waals surface area contributed by atoms with E-state index in [1.807, 2.05) is 6.07 Å². The minimum atomic E-state index is -0.309. The summed E-state index contributed by atoms with van der Waals surface area (Å²) in [4.78, 5) is 17.3. The molecule has 0 amide bonds. The summed E-state index contributed by atoms with van der Waals surface area (Å²) >= 11 is 3.53. The molecule has 4 atom stereocenters. The van der Waals surface area contributed by atoms with Gasteiger partial charge in [0.05, 0.1) is 12.0 Å². The Labute approximate surface area is 145 Å². The van der Waals surface area contributed by atoms with E-state index in [1.165, 1.54) is 5.56 Å². The van der Waals surface area contributed by atoms with Crippen LogP contribution in [0, 0.1) is 11.3 Å². The van der Waals surface area contributed by atoms with E-state index in [0.717, 1.165) is 42.1 Å². The third kappa shape index (κ3) is 2.73. The summed E-state index contributed by atoms with van der Waals surface area (Å²) in [6.45, 7) is 2.20. The number of nitrogens with two attached hydrogens (primary N) is 1. The summed E-state index contributed by atoms with van der Waals surface area (Å²) in [5, 5.41) is 0. The highest BCUT2D eigenvalue weighted by Gasteiger charge is 2.56. The molecule has 0 aliphatic heterocycles. The van der Waals surface area contributed by atoms with Crippen LogP contribution in [0.4, 0.5) is 0 Å². The molecule has 3 rings (SSSR count). The summed E-state index contributed by atoms with van der Waals surface area (Å²) in [7, 11) is 1.78. The molecule has 1 unspecified atom stereocenters. The van der Waals surface area contributed by atoms with Gasteiger partial charge in [-0.2, -0.15) is 5.90 Å². The zero-order valence-corrected chi connectivity index (χ0v) is 15.3. The molecule has 1 aromatic rings. The van der Waals surface area contributed by atoms with Crippen molar-refractivity contribution in [3.8, 4) is 0 Å². The lowest BCUT2D eigenvalue weighted by Gasteiger charge is -2.46. The van der Waals surface area contributed by atoms with Crippen molar-refractivity contribution in [1.29, 1.82) is 0 Å². The van der Waals surface area contributed by atoms with Gasteiger partial charge in [-0.1, -0.05) is 35.3 Å². The fourth-order valence-electron chi connectivity index (χ4n) is 4.90. The molecule has 0 bridgehead atoms. The van der Waals surface area contributed by atoms with Crippen LogP contribution in [0.1, 0.15) is 49.7 Å². The molecule has 0 aromatic heterocycles. The quantitative estimate of drug-likeness (QED) is 0.810. The lowest BCUT2D eigenvalue weighted by atomic mass is 9.58. The standard InChI is InChI=1S/C18H24BrNO3/c1-3-12-8-14(22-2)6-7-18(12)10-11-4-5-13(19)9-15(11)16(18)17(21)23-20/h4-5,9,12,14,16H,3,6-8,10,20H2,1-2H3/t12?,14-,16-,18-/m1/s1. The van der Waals surface area contributed by atoms with Gasteiger partial charge < -0.3 is 9.57 Å². The molecule has 23 heavy (non-hydrogen) atoms. The molecule has 5 heteroatoms. The lowest BCUT2D eigenvalue weighted by molar-refractivity contribution is -0.152. The molecular formula is C18H24BrNO3. The van der Waals surface area contributed by atoms with Crippen molar-refractivity contribution >= 4 is 21.9 Å². The molecule has 2 N–H and O–H groups in total. The van der Waals surface area contributed by atoms with Crippen LogP contribution < -0.4 is 5.90 Å². The van der Waals surface area contributed by atoms with Crippen molar-refractivity contribution in [2.75, 3.05) is 7.11 Å². The average molecular weight is 382 g/mol. The van der Waals surface area contributed by atoms with Gasteiger partial charge in [-0.3, -0.25) is 0 Å². The topological polar surface area (TPSA) is 61.5 Å². The van der Waals surface area contributed by atoms with E-state index >= 15 is 0 Å². The second-order valence-corrected chi connectivity index (χ2v) is 7.78. The number of benzene rings is 1. The molecule has 126 valence electrons. The Kier molecular flexibility index (Phi) is 4.81. The summed E-state index contributed by atoms with van der Waals surface area (Å²) in [5.74, 6) is 5.13. The first-order chi connectivity index (χ1) is 11.1. The Morgan fingerprint density at radius 1 is 1.48 bits per heavy atom. The van der Waals surface area contributed by atoms with E-state index in [0.29, 0.717) is 5.92 Å². The maximum atomic E-state index is 12.6. The fourth-order valence-corrected chi connectivity index (χ4v) is 5.27. The fraction of sp³-hybridized carbons (Fsp3) is 0.611. The SMILES string of the molecule is CCC1C[C@H](OC)CC[C@@]12Cc1ccc(Br)cc1[C@@H]2C(=O)ON. The van der Waals surface area contributed by atoms with Gasteiger partial charge in [0.2, 0.25) is 0 Å². The van der Waals surface area contributed by atoms with Crippen LogP contribution in [-0.2, 0) is 20.8 Å². The molecule has 1 fully saturated rings. The van der Waals surface area contributed by atoms with Gasteiger partial charge in [-0.05, 0) is 60.3 Å². The number of fused-ring (bicyclic) bond motifs is 1. The van der Waals surface area contributed by atoms with E-state index < -0.39 is 0 Å². The highest BCUT2D eigenvalue weighted by Crippen LogP contribution is 2.59. The molecule has 1 aromatic carbocycles. The predicted octanol–water partition coefficient (Wildman–Crippen LogP) is 3.72. The van der Waals surface area contributed by atoms with E-state index in [9.17, 15) is 4.79 Å². The highest BCUT2D eigenvalue weighted by atomic mass is 79.9. The first kappa shape index (κ1) is 16.9. The van der Waals surface area contributed by atoms with Crippen LogP contribution in [0.25, 0.3) is 0 Å². The lowest BCUT2D eigenvalue weighted by Crippen LogP contribution is -2.45. The number of carbonyl (C=O) groups is 1. The van der Waals surface area contributed by atoms with Gasteiger partial charge in [0.1, 0.15) is 0 Å². The zero-order chi connectivity index (χ0) is 16.6. The predicted molar refractivity (Wildman–Crippen MR) is 91.7 cm³/mol. The van der Waals surface area contributed by atoms with E-state index in [1.54, 1.807) is 7.11 Å². The van der Waals surface area contributed by atoms with Crippen molar-refractivity contribution in [2.45, 2.75) is 51.0 Å². The number of carbonyl (C=O) groups excluding carboxylic acids is 1. The number of ether oxygens (including phenoxy) is 1. The van der Waals surface area contributed by atoms with Gasteiger partial charge in [0.25, 0.3) is 0 Å². The minimum Gasteiger partial charge on any atom is -0.381 e. The van der Waals surface area contributed by atoms with Crippen molar-refractivity contribution in [1.82, 2.24) is 0 Å². The molecule has 2 aliphatic rings. The Hall–Kier alpha value is -0.910. The van der Waals surface area contributed by atoms with Gasteiger partial charge >= 0.3 is 5.97 Å². The van der Waals surface area contributed by atoms with Gasteiger partial charge in [0.15, 0.2) is 0 Å². The maximum absolute atomic E-state index is 12.6. The molecule has 4 nitrogen and oxygen atoms in total. The maximum Gasteiger partial charge on any atom is 0.332 e. The second-order valence-electron chi connectivity index (χ2n) is 6.86. The molecule has 0 saturated heterocycles. The Bertz CT molecular complexity index is 606. The van der Waals surface area contributed by atoms with Crippen LogP contribution in [0.5, 0.6) is 0 Å². The molecular weight excluding hydrogens is 358 g/mol. The van der Waals surface area contributed by atoms with Crippen LogP contribution in [-0.4, -0.2) is 19.2 Å². The molecule has 1 saturated carbocycles. The van der Waals surface area contributed by atoms with Crippen molar-refractivity contribution in [3.63, 3.8) is 0 Å². The van der Waals surface area contributed by atoms with Gasteiger partial charge in [0, 0.05) is 11.6 Å². The summed E-state index contributed by atoms with van der Waals surface area (Å²) in [6.07, 6.45) is 5.19. The normalized spacial score (nSPS) is 32.8. The highest BCUT2D eigenvalue weighted by molar-refractivity contribution is 9.10. The zero-order valence-electron chi connectivity index (χ0n) is 13.7. The van der Waals surface area contributed by atoms with Gasteiger partial charge in [-0.15, -0.1) is 0 Å². The average Bonchev–Trinajstić information content (AvgIpc) is 2.88. The Balaban J connectivity index is 2.05. The molecule has 0 heterocycles. The van der Waals surface area contributed by atoms with E-state index in [-0.39, 0.29) is 23.4 Å². The molecule has 0 radical (unpaired) electrons. The Morgan fingerprint density at radius 2 is 2.26 bits per heavy atom. The second kappa shape index (κ2) is 6.54.